The number of imidazole rings is 1. The normalized spacial score (nSPS) is 10.6. The first kappa shape index (κ1) is 10.6. The van der Waals surface area contributed by atoms with Gasteiger partial charge in [-0.25, -0.2) is 9.97 Å². The van der Waals surface area contributed by atoms with Crippen molar-refractivity contribution in [3.8, 4) is 11.5 Å². The van der Waals surface area contributed by atoms with Gasteiger partial charge >= 0.3 is 0 Å². The van der Waals surface area contributed by atoms with E-state index >= 15 is 0 Å². The van der Waals surface area contributed by atoms with E-state index in [2.05, 4.69) is 15.0 Å². The zero-order valence-electron chi connectivity index (χ0n) is 9.10. The number of nitrogens with one attached hydrogen (secondary N) is 1. The Labute approximate surface area is 91.9 Å². The molecule has 0 unspecified atom stereocenters. The largest absolute Gasteiger partial charge is 0.378 e. The van der Waals surface area contributed by atoms with Crippen LogP contribution in [0.5, 0.6) is 0 Å². The molecule has 0 saturated carbocycles. The maximum atomic E-state index is 11.4. The molecule has 0 atom stereocenters. The fraction of sp³-hybridized carbons (Fsp3) is 0.300. The van der Waals surface area contributed by atoms with Crippen LogP contribution in [0.15, 0.2) is 23.4 Å². The van der Waals surface area contributed by atoms with Crippen LogP contribution in [-0.4, -0.2) is 26.6 Å². The SMILES string of the molecule is COCc1cc(=O)[nH]c(-c2cncn2C)n1. The van der Waals surface area contributed by atoms with Gasteiger partial charge in [0.25, 0.3) is 5.56 Å². The summed E-state index contributed by atoms with van der Waals surface area (Å²) in [6, 6.07) is 1.42. The summed E-state index contributed by atoms with van der Waals surface area (Å²) in [5.41, 5.74) is 1.16. The summed E-state index contributed by atoms with van der Waals surface area (Å²) in [5, 5.41) is 0. The number of ether oxygens (including phenoxy) is 1. The Balaban J connectivity index is 2.49. The number of aryl methyl sites for hydroxylation is 1. The maximum absolute atomic E-state index is 11.4. The number of hydrogen-bond acceptors (Lipinski definition) is 4. The molecule has 0 spiro atoms. The lowest BCUT2D eigenvalue weighted by Crippen LogP contribution is -2.11. The van der Waals surface area contributed by atoms with E-state index in [0.29, 0.717) is 18.1 Å². The molecule has 6 nitrogen and oxygen atoms in total. The first-order chi connectivity index (χ1) is 7.70. The molecule has 0 aliphatic carbocycles. The molecule has 0 aliphatic rings. The lowest BCUT2D eigenvalue weighted by molar-refractivity contribution is 0.181. The van der Waals surface area contributed by atoms with E-state index < -0.39 is 0 Å². The molecule has 0 bridgehead atoms. The number of methoxy groups -OCH3 is 1. The molecule has 1 N–H and O–H groups in total. The standard InChI is InChI=1S/C10H12N4O2/c1-14-6-11-4-8(14)10-12-7(5-16-2)3-9(15)13-10/h3-4,6H,5H2,1-2H3,(H,12,13,15). The number of H-pyrrole nitrogens is 1. The number of nitrogens with zero attached hydrogens (tertiary/aromatic N) is 3. The quantitative estimate of drug-likeness (QED) is 0.808. The van der Waals surface area contributed by atoms with E-state index in [0.717, 1.165) is 5.69 Å². The molecule has 2 rings (SSSR count). The predicted molar refractivity (Wildman–Crippen MR) is 57.8 cm³/mol. The zero-order valence-corrected chi connectivity index (χ0v) is 9.10. The van der Waals surface area contributed by atoms with E-state index in [1.807, 2.05) is 7.05 Å². The average molecular weight is 220 g/mol. The van der Waals surface area contributed by atoms with Crippen molar-refractivity contribution < 1.29 is 4.74 Å². The van der Waals surface area contributed by atoms with Crippen molar-refractivity contribution in [1.29, 1.82) is 0 Å². The lowest BCUT2D eigenvalue weighted by Gasteiger charge is -2.03. The summed E-state index contributed by atoms with van der Waals surface area (Å²) in [4.78, 5) is 22.3. The van der Waals surface area contributed by atoms with Crippen LogP contribution < -0.4 is 5.56 Å². The Kier molecular flexibility index (Phi) is 2.82. The summed E-state index contributed by atoms with van der Waals surface area (Å²) in [6.45, 7) is 0.314. The van der Waals surface area contributed by atoms with Gasteiger partial charge < -0.3 is 14.3 Å². The molecule has 0 amide bonds. The van der Waals surface area contributed by atoms with Gasteiger partial charge in [-0.15, -0.1) is 0 Å². The second kappa shape index (κ2) is 4.28. The second-order valence-corrected chi connectivity index (χ2v) is 3.41. The molecule has 2 aromatic rings. The molecule has 6 heteroatoms. The number of aromatic nitrogens is 4. The third-order valence-corrected chi connectivity index (χ3v) is 2.15. The minimum Gasteiger partial charge on any atom is -0.378 e. The van der Waals surface area contributed by atoms with Crippen molar-refractivity contribution in [2.24, 2.45) is 7.05 Å². The van der Waals surface area contributed by atoms with E-state index in [1.54, 1.807) is 24.2 Å². The summed E-state index contributed by atoms with van der Waals surface area (Å²) in [6.07, 6.45) is 3.30. The van der Waals surface area contributed by atoms with Crippen molar-refractivity contribution in [2.75, 3.05) is 7.11 Å². The van der Waals surface area contributed by atoms with Crippen LogP contribution in [-0.2, 0) is 18.4 Å². The van der Waals surface area contributed by atoms with Crippen molar-refractivity contribution in [2.45, 2.75) is 6.61 Å². The van der Waals surface area contributed by atoms with E-state index in [4.69, 9.17) is 4.74 Å². The van der Waals surface area contributed by atoms with E-state index in [9.17, 15) is 4.79 Å². The van der Waals surface area contributed by atoms with Crippen molar-refractivity contribution in [1.82, 2.24) is 19.5 Å². The highest BCUT2D eigenvalue weighted by Crippen LogP contribution is 2.11. The third kappa shape index (κ3) is 2.01. The van der Waals surface area contributed by atoms with Crippen LogP contribution >= 0.6 is 0 Å². The molecule has 0 saturated heterocycles. The van der Waals surface area contributed by atoms with Crippen LogP contribution in [0.2, 0.25) is 0 Å². The van der Waals surface area contributed by atoms with Crippen molar-refractivity contribution >= 4 is 0 Å². The predicted octanol–water partition coefficient (Wildman–Crippen LogP) is 0.317. The molecule has 0 radical (unpaired) electrons. The summed E-state index contributed by atoms with van der Waals surface area (Å²) in [5.74, 6) is 0.500. The molecule has 84 valence electrons. The number of aromatic amines is 1. The van der Waals surface area contributed by atoms with Crippen LogP contribution in [0.4, 0.5) is 0 Å². The Morgan fingerprint density at radius 3 is 3.00 bits per heavy atom. The van der Waals surface area contributed by atoms with Gasteiger partial charge in [0.1, 0.15) is 5.69 Å². The van der Waals surface area contributed by atoms with Crippen LogP contribution in [0, 0.1) is 0 Å². The maximum Gasteiger partial charge on any atom is 0.251 e. The molecule has 0 aromatic carbocycles. The molecule has 2 heterocycles. The summed E-state index contributed by atoms with van der Waals surface area (Å²) >= 11 is 0. The number of hydrogen-bond donors (Lipinski definition) is 1. The Hall–Kier alpha value is -1.95. The van der Waals surface area contributed by atoms with Gasteiger partial charge in [-0.3, -0.25) is 4.79 Å². The summed E-state index contributed by atoms with van der Waals surface area (Å²) < 4.78 is 6.73. The average Bonchev–Trinajstić information content (AvgIpc) is 2.64. The number of rotatable bonds is 3. The Morgan fingerprint density at radius 2 is 2.38 bits per heavy atom. The molecule has 0 aliphatic heterocycles. The zero-order chi connectivity index (χ0) is 11.5. The highest BCUT2D eigenvalue weighted by molar-refractivity contribution is 5.47. The fourth-order valence-electron chi connectivity index (χ4n) is 1.44. The van der Waals surface area contributed by atoms with Gasteiger partial charge in [-0.2, -0.15) is 0 Å². The fourth-order valence-corrected chi connectivity index (χ4v) is 1.44. The molecule has 16 heavy (non-hydrogen) atoms. The monoisotopic (exact) mass is 220 g/mol. The van der Waals surface area contributed by atoms with Gasteiger partial charge in [0, 0.05) is 20.2 Å². The minimum absolute atomic E-state index is 0.196. The Bertz CT molecular complexity index is 544. The lowest BCUT2D eigenvalue weighted by atomic mass is 10.3. The van der Waals surface area contributed by atoms with Gasteiger partial charge in [-0.05, 0) is 0 Å². The minimum atomic E-state index is -0.196. The third-order valence-electron chi connectivity index (χ3n) is 2.15. The molecule has 2 aromatic heterocycles. The van der Waals surface area contributed by atoms with E-state index in [1.165, 1.54) is 6.07 Å². The highest BCUT2D eigenvalue weighted by atomic mass is 16.5. The topological polar surface area (TPSA) is 72.8 Å². The molecular weight excluding hydrogens is 208 g/mol. The van der Waals surface area contributed by atoms with Crippen molar-refractivity contribution in [3.63, 3.8) is 0 Å². The van der Waals surface area contributed by atoms with Crippen LogP contribution in [0.1, 0.15) is 5.69 Å². The summed E-state index contributed by atoms with van der Waals surface area (Å²) in [7, 11) is 3.40. The molecule has 0 fully saturated rings. The van der Waals surface area contributed by atoms with Crippen molar-refractivity contribution in [3.05, 3.63) is 34.6 Å². The molecular formula is C10H12N4O2. The smallest absolute Gasteiger partial charge is 0.251 e. The van der Waals surface area contributed by atoms with Crippen LogP contribution in [0.25, 0.3) is 11.5 Å². The van der Waals surface area contributed by atoms with E-state index in [-0.39, 0.29) is 5.56 Å². The first-order valence-electron chi connectivity index (χ1n) is 4.76. The van der Waals surface area contributed by atoms with Gasteiger partial charge in [0.15, 0.2) is 5.82 Å². The first-order valence-corrected chi connectivity index (χ1v) is 4.76. The van der Waals surface area contributed by atoms with Gasteiger partial charge in [0.05, 0.1) is 24.8 Å². The Morgan fingerprint density at radius 1 is 1.56 bits per heavy atom. The second-order valence-electron chi connectivity index (χ2n) is 3.41. The van der Waals surface area contributed by atoms with Gasteiger partial charge in [-0.1, -0.05) is 0 Å². The van der Waals surface area contributed by atoms with Gasteiger partial charge in [0.2, 0.25) is 0 Å². The highest BCUT2D eigenvalue weighted by Gasteiger charge is 2.07. The van der Waals surface area contributed by atoms with Crippen LogP contribution in [0.3, 0.4) is 0 Å².